The standard InChI is InChI=1S/C12H23NO4/c1-17-9-11(14)8-13-7-3-2-4-10(13)5-6-12(15)16/h10-11,14H,2-9H2,1H3,(H,15,16). The van der Waals surface area contributed by atoms with Crippen molar-refractivity contribution in [3.8, 4) is 0 Å². The minimum absolute atomic E-state index is 0.210. The maximum atomic E-state index is 10.6. The molecule has 0 aromatic carbocycles. The lowest BCUT2D eigenvalue weighted by atomic mass is 9.97. The third-order valence-corrected chi connectivity index (χ3v) is 3.24. The van der Waals surface area contributed by atoms with Gasteiger partial charge >= 0.3 is 5.97 Å². The zero-order valence-electron chi connectivity index (χ0n) is 10.5. The van der Waals surface area contributed by atoms with Crippen LogP contribution in [0.3, 0.4) is 0 Å². The Hall–Kier alpha value is -0.650. The molecular formula is C12H23NO4. The van der Waals surface area contributed by atoms with Crippen molar-refractivity contribution in [2.75, 3.05) is 26.8 Å². The van der Waals surface area contributed by atoms with Crippen molar-refractivity contribution in [3.63, 3.8) is 0 Å². The molecule has 0 bridgehead atoms. The molecule has 0 aromatic rings. The number of β-amino-alcohol motifs (C(OH)–C–C–N with tert-alkyl or cyclic N) is 1. The predicted octanol–water partition coefficient (Wildman–Crippen LogP) is 0.713. The largest absolute Gasteiger partial charge is 0.481 e. The van der Waals surface area contributed by atoms with Crippen molar-refractivity contribution < 1.29 is 19.7 Å². The third kappa shape index (κ3) is 5.48. The van der Waals surface area contributed by atoms with E-state index >= 15 is 0 Å². The van der Waals surface area contributed by atoms with E-state index in [2.05, 4.69) is 4.90 Å². The average Bonchev–Trinajstić information content (AvgIpc) is 2.28. The van der Waals surface area contributed by atoms with Crippen LogP contribution in [0.15, 0.2) is 0 Å². The number of carboxylic acid groups (broad SMARTS) is 1. The van der Waals surface area contributed by atoms with Crippen LogP contribution in [0.2, 0.25) is 0 Å². The van der Waals surface area contributed by atoms with E-state index in [0.29, 0.717) is 25.6 Å². The number of hydrogen-bond acceptors (Lipinski definition) is 4. The molecule has 0 radical (unpaired) electrons. The minimum Gasteiger partial charge on any atom is -0.481 e. The third-order valence-electron chi connectivity index (χ3n) is 3.24. The highest BCUT2D eigenvalue weighted by atomic mass is 16.5. The van der Waals surface area contributed by atoms with Crippen LogP contribution in [0.5, 0.6) is 0 Å². The number of ether oxygens (including phenoxy) is 1. The summed E-state index contributed by atoms with van der Waals surface area (Å²) in [6.45, 7) is 1.87. The van der Waals surface area contributed by atoms with Crippen LogP contribution in [-0.4, -0.2) is 60.0 Å². The van der Waals surface area contributed by atoms with Crippen LogP contribution < -0.4 is 0 Å². The number of aliphatic hydroxyl groups is 1. The van der Waals surface area contributed by atoms with Crippen LogP contribution in [0.25, 0.3) is 0 Å². The van der Waals surface area contributed by atoms with Gasteiger partial charge in [-0.3, -0.25) is 9.69 Å². The molecule has 0 spiro atoms. The molecule has 1 aliphatic rings. The summed E-state index contributed by atoms with van der Waals surface area (Å²) in [5.74, 6) is -0.743. The van der Waals surface area contributed by atoms with Gasteiger partial charge in [-0.2, -0.15) is 0 Å². The zero-order chi connectivity index (χ0) is 12.7. The molecule has 1 aliphatic heterocycles. The Morgan fingerprint density at radius 1 is 1.53 bits per heavy atom. The van der Waals surface area contributed by atoms with Crippen LogP contribution >= 0.6 is 0 Å². The second kappa shape index (κ2) is 7.63. The lowest BCUT2D eigenvalue weighted by Gasteiger charge is -2.36. The van der Waals surface area contributed by atoms with E-state index in [0.717, 1.165) is 25.8 Å². The van der Waals surface area contributed by atoms with Crippen molar-refractivity contribution >= 4 is 5.97 Å². The van der Waals surface area contributed by atoms with Gasteiger partial charge in [-0.1, -0.05) is 6.42 Å². The molecule has 2 unspecified atom stereocenters. The normalized spacial score (nSPS) is 23.5. The van der Waals surface area contributed by atoms with E-state index in [1.807, 2.05) is 0 Å². The molecule has 1 heterocycles. The number of likely N-dealkylation sites (tertiary alicyclic amines) is 1. The fourth-order valence-electron chi connectivity index (χ4n) is 2.43. The SMILES string of the molecule is COCC(O)CN1CCCCC1CCC(=O)O. The molecule has 2 atom stereocenters. The summed E-state index contributed by atoms with van der Waals surface area (Å²) in [5.41, 5.74) is 0. The Kier molecular flexibility index (Phi) is 6.47. The van der Waals surface area contributed by atoms with E-state index in [1.165, 1.54) is 0 Å². The number of carbonyl (C=O) groups is 1. The fraction of sp³-hybridized carbons (Fsp3) is 0.917. The fourth-order valence-corrected chi connectivity index (χ4v) is 2.43. The van der Waals surface area contributed by atoms with Gasteiger partial charge in [-0.25, -0.2) is 0 Å². The van der Waals surface area contributed by atoms with E-state index in [1.54, 1.807) is 7.11 Å². The van der Waals surface area contributed by atoms with Gasteiger partial charge in [0.05, 0.1) is 12.7 Å². The summed E-state index contributed by atoms with van der Waals surface area (Å²) >= 11 is 0. The van der Waals surface area contributed by atoms with Gasteiger partial charge in [0.15, 0.2) is 0 Å². The monoisotopic (exact) mass is 245 g/mol. The summed E-state index contributed by atoms with van der Waals surface area (Å²) in [6.07, 6.45) is 3.72. The molecule has 0 aliphatic carbocycles. The Morgan fingerprint density at radius 2 is 2.29 bits per heavy atom. The molecule has 2 N–H and O–H groups in total. The van der Waals surface area contributed by atoms with Crippen molar-refractivity contribution in [1.29, 1.82) is 0 Å². The van der Waals surface area contributed by atoms with Gasteiger partial charge < -0.3 is 14.9 Å². The second-order valence-corrected chi connectivity index (χ2v) is 4.69. The van der Waals surface area contributed by atoms with Gasteiger partial charge in [-0.15, -0.1) is 0 Å². The molecule has 0 saturated carbocycles. The van der Waals surface area contributed by atoms with Gasteiger partial charge in [0, 0.05) is 26.1 Å². The van der Waals surface area contributed by atoms with Gasteiger partial charge in [0.2, 0.25) is 0 Å². The minimum atomic E-state index is -0.743. The van der Waals surface area contributed by atoms with Gasteiger partial charge in [0.25, 0.3) is 0 Å². The smallest absolute Gasteiger partial charge is 0.303 e. The number of methoxy groups -OCH3 is 1. The van der Waals surface area contributed by atoms with E-state index in [-0.39, 0.29) is 6.42 Å². The second-order valence-electron chi connectivity index (χ2n) is 4.69. The van der Waals surface area contributed by atoms with Crippen LogP contribution in [-0.2, 0) is 9.53 Å². The van der Waals surface area contributed by atoms with Gasteiger partial charge in [-0.05, 0) is 25.8 Å². The molecule has 0 aromatic heterocycles. The number of aliphatic hydroxyl groups excluding tert-OH is 1. The quantitative estimate of drug-likeness (QED) is 0.691. The van der Waals surface area contributed by atoms with Crippen molar-refractivity contribution in [3.05, 3.63) is 0 Å². The first-order chi connectivity index (χ1) is 8.13. The van der Waals surface area contributed by atoms with Crippen LogP contribution in [0, 0.1) is 0 Å². The van der Waals surface area contributed by atoms with Crippen LogP contribution in [0.4, 0.5) is 0 Å². The number of rotatable bonds is 7. The highest BCUT2D eigenvalue weighted by molar-refractivity contribution is 5.66. The number of nitrogens with zero attached hydrogens (tertiary/aromatic N) is 1. The van der Waals surface area contributed by atoms with E-state index in [4.69, 9.17) is 9.84 Å². The number of piperidine rings is 1. The highest BCUT2D eigenvalue weighted by Crippen LogP contribution is 2.21. The molecule has 100 valence electrons. The summed E-state index contributed by atoms with van der Waals surface area (Å²) < 4.78 is 4.91. The Balaban J connectivity index is 2.39. The van der Waals surface area contributed by atoms with Crippen molar-refractivity contribution in [2.24, 2.45) is 0 Å². The first kappa shape index (κ1) is 14.4. The first-order valence-corrected chi connectivity index (χ1v) is 6.26. The molecule has 5 nitrogen and oxygen atoms in total. The Bertz CT molecular complexity index is 235. The summed E-state index contributed by atoms with van der Waals surface area (Å²) in [5, 5.41) is 18.4. The number of hydrogen-bond donors (Lipinski definition) is 2. The molecular weight excluding hydrogens is 222 g/mol. The lowest BCUT2D eigenvalue weighted by molar-refractivity contribution is -0.137. The zero-order valence-corrected chi connectivity index (χ0v) is 10.5. The van der Waals surface area contributed by atoms with Crippen molar-refractivity contribution in [2.45, 2.75) is 44.2 Å². The van der Waals surface area contributed by atoms with Crippen LogP contribution in [0.1, 0.15) is 32.1 Å². The first-order valence-electron chi connectivity index (χ1n) is 6.26. The Labute approximate surface area is 102 Å². The topological polar surface area (TPSA) is 70.0 Å². The van der Waals surface area contributed by atoms with Crippen molar-refractivity contribution in [1.82, 2.24) is 4.90 Å². The summed E-state index contributed by atoms with van der Waals surface area (Å²) in [4.78, 5) is 12.8. The molecule has 1 fully saturated rings. The number of carboxylic acids is 1. The maximum Gasteiger partial charge on any atom is 0.303 e. The Morgan fingerprint density at radius 3 is 2.94 bits per heavy atom. The predicted molar refractivity (Wildman–Crippen MR) is 64.0 cm³/mol. The molecule has 17 heavy (non-hydrogen) atoms. The van der Waals surface area contributed by atoms with E-state index < -0.39 is 12.1 Å². The average molecular weight is 245 g/mol. The molecule has 5 heteroatoms. The van der Waals surface area contributed by atoms with Gasteiger partial charge in [0.1, 0.15) is 0 Å². The molecule has 1 rings (SSSR count). The highest BCUT2D eigenvalue weighted by Gasteiger charge is 2.24. The lowest BCUT2D eigenvalue weighted by Crippen LogP contribution is -2.44. The number of aliphatic carboxylic acids is 1. The maximum absolute atomic E-state index is 10.6. The molecule has 1 saturated heterocycles. The summed E-state index contributed by atoms with van der Waals surface area (Å²) in [6, 6.07) is 0.298. The summed E-state index contributed by atoms with van der Waals surface area (Å²) in [7, 11) is 1.57. The van der Waals surface area contributed by atoms with E-state index in [9.17, 15) is 9.90 Å². The molecule has 0 amide bonds.